The van der Waals surface area contributed by atoms with E-state index in [-0.39, 0.29) is 11.3 Å². The zero-order chi connectivity index (χ0) is 10.9. The van der Waals surface area contributed by atoms with Crippen LogP contribution in [-0.4, -0.2) is 7.11 Å². The van der Waals surface area contributed by atoms with Crippen molar-refractivity contribution >= 4 is 0 Å². The molecule has 0 aliphatic heterocycles. The molecular weight excluding hydrogens is 188 g/mol. The van der Waals surface area contributed by atoms with Crippen molar-refractivity contribution in [3.05, 3.63) is 29.3 Å². The van der Waals surface area contributed by atoms with E-state index >= 15 is 0 Å². The molecule has 0 spiro atoms. The number of nitrogens with two attached hydrogens (primary N) is 1. The van der Waals surface area contributed by atoms with Gasteiger partial charge in [0.1, 0.15) is 5.82 Å². The fraction of sp³-hybridized carbons (Fsp3) is 0.400. The Bertz CT molecular complexity index is 345. The molecule has 2 nitrogen and oxygen atoms in total. The summed E-state index contributed by atoms with van der Waals surface area (Å²) in [6.07, 6.45) is 0. The van der Waals surface area contributed by atoms with E-state index in [4.69, 9.17) is 5.73 Å². The van der Waals surface area contributed by atoms with Gasteiger partial charge < -0.3 is 10.5 Å². The quantitative estimate of drug-likeness (QED) is 0.795. The lowest BCUT2D eigenvalue weighted by Crippen LogP contribution is -2.30. The number of hydrogen-bond acceptors (Lipinski definition) is 2. The minimum atomic E-state index is -0.906. The Balaban J connectivity index is 3.29. The summed E-state index contributed by atoms with van der Waals surface area (Å²) >= 11 is 0. The lowest BCUT2D eigenvalue weighted by Gasteiger charge is -2.20. The van der Waals surface area contributed by atoms with E-state index in [2.05, 4.69) is 4.74 Å². The fourth-order valence-electron chi connectivity index (χ4n) is 1.18. The second kappa shape index (κ2) is 3.53. The Morgan fingerprint density at radius 2 is 1.79 bits per heavy atom. The molecule has 4 heteroatoms. The molecule has 0 aromatic heterocycles. The van der Waals surface area contributed by atoms with E-state index in [0.29, 0.717) is 0 Å². The summed E-state index contributed by atoms with van der Waals surface area (Å²) in [4.78, 5) is 0. The van der Waals surface area contributed by atoms with E-state index in [1.807, 2.05) is 0 Å². The highest BCUT2D eigenvalue weighted by atomic mass is 19.1. The SMILES string of the molecule is COc1cc(F)c(C(C)(C)N)cc1F. The van der Waals surface area contributed by atoms with Gasteiger partial charge in [-0.1, -0.05) is 0 Å². The summed E-state index contributed by atoms with van der Waals surface area (Å²) in [5, 5.41) is 0. The molecule has 1 rings (SSSR count). The standard InChI is InChI=1S/C10H13F2NO/c1-10(2,13)6-4-8(12)9(14-3)5-7(6)11/h4-5H,13H2,1-3H3. The van der Waals surface area contributed by atoms with Gasteiger partial charge in [0.15, 0.2) is 11.6 Å². The third-order valence-electron chi connectivity index (χ3n) is 1.94. The first-order chi connectivity index (χ1) is 6.36. The summed E-state index contributed by atoms with van der Waals surface area (Å²) in [5.41, 5.74) is 4.90. The van der Waals surface area contributed by atoms with Crippen LogP contribution in [0.5, 0.6) is 5.75 Å². The average Bonchev–Trinajstić information content (AvgIpc) is 2.06. The molecule has 0 heterocycles. The zero-order valence-electron chi connectivity index (χ0n) is 8.40. The van der Waals surface area contributed by atoms with Gasteiger partial charge >= 0.3 is 0 Å². The molecule has 0 saturated heterocycles. The molecule has 78 valence electrons. The van der Waals surface area contributed by atoms with Crippen LogP contribution in [-0.2, 0) is 5.54 Å². The van der Waals surface area contributed by atoms with Crippen LogP contribution in [0.25, 0.3) is 0 Å². The molecule has 0 aliphatic carbocycles. The Labute approximate surface area is 81.7 Å². The Hall–Kier alpha value is -1.16. The van der Waals surface area contributed by atoms with Gasteiger partial charge in [0, 0.05) is 17.2 Å². The number of benzene rings is 1. The number of ether oxygens (including phenoxy) is 1. The minimum Gasteiger partial charge on any atom is -0.494 e. The van der Waals surface area contributed by atoms with Crippen molar-refractivity contribution in [2.75, 3.05) is 7.11 Å². The molecule has 0 aliphatic rings. The maximum Gasteiger partial charge on any atom is 0.165 e. The van der Waals surface area contributed by atoms with Crippen LogP contribution in [0.1, 0.15) is 19.4 Å². The average molecular weight is 201 g/mol. The maximum absolute atomic E-state index is 13.4. The predicted octanol–water partition coefficient (Wildman–Crippen LogP) is 2.17. The van der Waals surface area contributed by atoms with Crippen LogP contribution in [0.2, 0.25) is 0 Å². The molecule has 1 aromatic carbocycles. The zero-order valence-corrected chi connectivity index (χ0v) is 8.40. The van der Waals surface area contributed by atoms with Gasteiger partial charge in [-0.25, -0.2) is 8.78 Å². The van der Waals surface area contributed by atoms with Gasteiger partial charge in [0.2, 0.25) is 0 Å². The van der Waals surface area contributed by atoms with Crippen LogP contribution >= 0.6 is 0 Å². The number of halogens is 2. The monoisotopic (exact) mass is 201 g/mol. The lowest BCUT2D eigenvalue weighted by molar-refractivity contribution is 0.378. The molecule has 0 unspecified atom stereocenters. The minimum absolute atomic E-state index is 0.115. The van der Waals surface area contributed by atoms with Crippen molar-refractivity contribution < 1.29 is 13.5 Å². The second-order valence-corrected chi connectivity index (χ2v) is 3.69. The highest BCUT2D eigenvalue weighted by Gasteiger charge is 2.21. The summed E-state index contributed by atoms with van der Waals surface area (Å²) in [7, 11) is 1.28. The largest absolute Gasteiger partial charge is 0.494 e. The number of methoxy groups -OCH3 is 1. The van der Waals surface area contributed by atoms with E-state index in [1.54, 1.807) is 13.8 Å². The van der Waals surface area contributed by atoms with E-state index in [1.165, 1.54) is 7.11 Å². The predicted molar refractivity (Wildman–Crippen MR) is 50.1 cm³/mol. The van der Waals surface area contributed by atoms with Crippen LogP contribution in [0, 0.1) is 11.6 Å². The third kappa shape index (κ3) is 2.01. The molecular formula is C10H13F2NO. The first kappa shape index (κ1) is 10.9. The Kier molecular flexibility index (Phi) is 2.76. The third-order valence-corrected chi connectivity index (χ3v) is 1.94. The van der Waals surface area contributed by atoms with Crippen molar-refractivity contribution in [3.63, 3.8) is 0 Å². The maximum atomic E-state index is 13.4. The first-order valence-electron chi connectivity index (χ1n) is 4.18. The van der Waals surface area contributed by atoms with Gasteiger partial charge in [-0.3, -0.25) is 0 Å². The smallest absolute Gasteiger partial charge is 0.165 e. The van der Waals surface area contributed by atoms with Gasteiger partial charge in [0.05, 0.1) is 7.11 Å². The summed E-state index contributed by atoms with van der Waals surface area (Å²) in [6, 6.07) is 2.06. The summed E-state index contributed by atoms with van der Waals surface area (Å²) in [5.74, 6) is -1.28. The van der Waals surface area contributed by atoms with Gasteiger partial charge in [0.25, 0.3) is 0 Å². The van der Waals surface area contributed by atoms with Gasteiger partial charge in [-0.05, 0) is 19.9 Å². The Morgan fingerprint density at radius 3 is 2.21 bits per heavy atom. The molecule has 0 bridgehead atoms. The topological polar surface area (TPSA) is 35.2 Å². The highest BCUT2D eigenvalue weighted by Crippen LogP contribution is 2.26. The number of rotatable bonds is 2. The molecule has 14 heavy (non-hydrogen) atoms. The van der Waals surface area contributed by atoms with Crippen LogP contribution in [0.3, 0.4) is 0 Å². The molecule has 0 saturated carbocycles. The van der Waals surface area contributed by atoms with E-state index in [0.717, 1.165) is 12.1 Å². The molecule has 2 N–H and O–H groups in total. The highest BCUT2D eigenvalue weighted by molar-refractivity contribution is 5.34. The first-order valence-corrected chi connectivity index (χ1v) is 4.18. The molecule has 0 atom stereocenters. The second-order valence-electron chi connectivity index (χ2n) is 3.69. The summed E-state index contributed by atoms with van der Waals surface area (Å²) < 4.78 is 31.2. The van der Waals surface area contributed by atoms with Crippen molar-refractivity contribution in [2.24, 2.45) is 5.73 Å². The van der Waals surface area contributed by atoms with Crippen LogP contribution in [0.4, 0.5) is 8.78 Å². The van der Waals surface area contributed by atoms with Crippen LogP contribution < -0.4 is 10.5 Å². The fourth-order valence-corrected chi connectivity index (χ4v) is 1.18. The molecule has 0 amide bonds. The Morgan fingerprint density at radius 1 is 1.21 bits per heavy atom. The van der Waals surface area contributed by atoms with Gasteiger partial charge in [-0.15, -0.1) is 0 Å². The van der Waals surface area contributed by atoms with Crippen molar-refractivity contribution in [2.45, 2.75) is 19.4 Å². The summed E-state index contributed by atoms with van der Waals surface area (Å²) in [6.45, 7) is 3.22. The van der Waals surface area contributed by atoms with E-state index < -0.39 is 17.2 Å². The molecule has 0 radical (unpaired) electrons. The molecule has 0 fully saturated rings. The molecule has 1 aromatic rings. The lowest BCUT2D eigenvalue weighted by atomic mass is 9.95. The van der Waals surface area contributed by atoms with Crippen LogP contribution in [0.15, 0.2) is 12.1 Å². The van der Waals surface area contributed by atoms with Crippen molar-refractivity contribution in [3.8, 4) is 5.75 Å². The van der Waals surface area contributed by atoms with Crippen molar-refractivity contribution in [1.82, 2.24) is 0 Å². The number of hydrogen-bond donors (Lipinski definition) is 1. The normalized spacial score (nSPS) is 11.6. The van der Waals surface area contributed by atoms with E-state index in [9.17, 15) is 8.78 Å². The van der Waals surface area contributed by atoms with Gasteiger partial charge in [-0.2, -0.15) is 0 Å². The van der Waals surface area contributed by atoms with Crippen molar-refractivity contribution in [1.29, 1.82) is 0 Å².